The van der Waals surface area contributed by atoms with Gasteiger partial charge < -0.3 is 4.74 Å². The van der Waals surface area contributed by atoms with Crippen LogP contribution in [0.1, 0.15) is 0 Å². The zero-order chi connectivity index (χ0) is 6.10. The van der Waals surface area contributed by atoms with Gasteiger partial charge in [0.25, 0.3) is 0 Å². The highest BCUT2D eigenvalue weighted by atomic mass is 16.5. The van der Waals surface area contributed by atoms with Crippen molar-refractivity contribution in [3.05, 3.63) is 35.5 Å². The number of rotatable bonds is 0. The average molecular weight is 120 g/mol. The number of fused-ring (bicyclic) bond motifs is 1. The molecule has 0 saturated carbocycles. The molecule has 9 heavy (non-hydrogen) atoms. The molecule has 1 aliphatic carbocycles. The Morgan fingerprint density at radius 1 is 1.44 bits per heavy atom. The molecule has 1 nitrogen and oxygen atoms in total. The molecule has 0 radical (unpaired) electrons. The Balaban J connectivity index is 2.38. The van der Waals surface area contributed by atoms with Crippen molar-refractivity contribution in [3.8, 4) is 0 Å². The second-order valence-corrected chi connectivity index (χ2v) is 2.23. The minimum Gasteiger partial charge on any atom is -0.373 e. The molecule has 0 unspecified atom stereocenters. The first-order chi connectivity index (χ1) is 4.47. The molecule has 0 aromatic carbocycles. The molecule has 0 aromatic rings. The standard InChI is InChI=1S/C8H8O/c1-2-7-4-5-9-6-8(7)3-1/h1-4H,5-6H2. The van der Waals surface area contributed by atoms with E-state index in [1.54, 1.807) is 0 Å². The Labute approximate surface area is 54.3 Å². The van der Waals surface area contributed by atoms with Gasteiger partial charge in [-0.2, -0.15) is 0 Å². The Morgan fingerprint density at radius 3 is 3.33 bits per heavy atom. The minimum atomic E-state index is 0.775. The summed E-state index contributed by atoms with van der Waals surface area (Å²) in [6.07, 6.45) is 8.40. The van der Waals surface area contributed by atoms with Crippen LogP contribution in [0.3, 0.4) is 0 Å². The highest BCUT2D eigenvalue weighted by molar-refractivity contribution is 5.49. The molecule has 46 valence electrons. The first kappa shape index (κ1) is 5.00. The summed E-state index contributed by atoms with van der Waals surface area (Å²) in [5, 5.41) is 0. The van der Waals surface area contributed by atoms with E-state index in [0.29, 0.717) is 0 Å². The fourth-order valence-electron chi connectivity index (χ4n) is 1.12. The number of allylic oxidation sites excluding steroid dienone is 3. The van der Waals surface area contributed by atoms with E-state index < -0.39 is 0 Å². The Kier molecular flexibility index (Phi) is 1.03. The summed E-state index contributed by atoms with van der Waals surface area (Å²) < 4.78 is 5.20. The van der Waals surface area contributed by atoms with E-state index in [9.17, 15) is 0 Å². The van der Waals surface area contributed by atoms with Crippen LogP contribution in [0.15, 0.2) is 35.5 Å². The molecule has 0 saturated heterocycles. The van der Waals surface area contributed by atoms with E-state index in [1.807, 2.05) is 0 Å². The van der Waals surface area contributed by atoms with Gasteiger partial charge in [-0.1, -0.05) is 24.3 Å². The van der Waals surface area contributed by atoms with Gasteiger partial charge in [-0.25, -0.2) is 0 Å². The minimum absolute atomic E-state index is 0.775. The van der Waals surface area contributed by atoms with Crippen LogP contribution in [-0.4, -0.2) is 13.2 Å². The second kappa shape index (κ2) is 1.85. The molecular formula is C8H8O. The van der Waals surface area contributed by atoms with Crippen molar-refractivity contribution in [2.45, 2.75) is 0 Å². The van der Waals surface area contributed by atoms with Gasteiger partial charge in [-0.05, 0) is 11.1 Å². The number of hydrogen-bond acceptors (Lipinski definition) is 1. The van der Waals surface area contributed by atoms with Gasteiger partial charge >= 0.3 is 0 Å². The lowest BCUT2D eigenvalue weighted by Gasteiger charge is -2.10. The van der Waals surface area contributed by atoms with Gasteiger partial charge in [0.05, 0.1) is 13.2 Å². The average Bonchev–Trinajstić information content (AvgIpc) is 2.33. The van der Waals surface area contributed by atoms with Crippen LogP contribution in [0.4, 0.5) is 0 Å². The lowest BCUT2D eigenvalue weighted by molar-refractivity contribution is 0.181. The van der Waals surface area contributed by atoms with Gasteiger partial charge in [0.15, 0.2) is 0 Å². The molecule has 0 aromatic heterocycles. The number of hydrogen-bond donors (Lipinski definition) is 0. The molecule has 1 aliphatic heterocycles. The van der Waals surface area contributed by atoms with E-state index >= 15 is 0 Å². The molecule has 0 fully saturated rings. The lowest BCUT2D eigenvalue weighted by Crippen LogP contribution is -2.04. The van der Waals surface area contributed by atoms with Crippen LogP contribution in [0.5, 0.6) is 0 Å². The van der Waals surface area contributed by atoms with Crippen LogP contribution >= 0.6 is 0 Å². The zero-order valence-corrected chi connectivity index (χ0v) is 5.13. The zero-order valence-electron chi connectivity index (χ0n) is 5.13. The summed E-state index contributed by atoms with van der Waals surface area (Å²) in [6, 6.07) is 0. The van der Waals surface area contributed by atoms with Crippen LogP contribution in [0.25, 0.3) is 0 Å². The highest BCUT2D eigenvalue weighted by Crippen LogP contribution is 2.20. The molecular weight excluding hydrogens is 112 g/mol. The fraction of sp³-hybridized carbons (Fsp3) is 0.250. The first-order valence-electron chi connectivity index (χ1n) is 3.12. The summed E-state index contributed by atoms with van der Waals surface area (Å²) in [6.45, 7) is 1.57. The van der Waals surface area contributed by atoms with Gasteiger partial charge in [0.2, 0.25) is 0 Å². The third-order valence-corrected chi connectivity index (χ3v) is 1.62. The van der Waals surface area contributed by atoms with Gasteiger partial charge in [0, 0.05) is 0 Å². The van der Waals surface area contributed by atoms with E-state index in [0.717, 1.165) is 13.2 Å². The molecule has 2 aliphatic rings. The summed E-state index contributed by atoms with van der Waals surface area (Å²) in [5.41, 5.74) is 2.67. The molecule has 0 spiro atoms. The van der Waals surface area contributed by atoms with Crippen molar-refractivity contribution in [1.29, 1.82) is 0 Å². The summed E-state index contributed by atoms with van der Waals surface area (Å²) in [7, 11) is 0. The van der Waals surface area contributed by atoms with Crippen molar-refractivity contribution < 1.29 is 4.74 Å². The molecule has 0 bridgehead atoms. The van der Waals surface area contributed by atoms with Crippen LogP contribution < -0.4 is 0 Å². The van der Waals surface area contributed by atoms with E-state index in [2.05, 4.69) is 24.3 Å². The van der Waals surface area contributed by atoms with Crippen molar-refractivity contribution >= 4 is 0 Å². The van der Waals surface area contributed by atoms with E-state index in [1.165, 1.54) is 11.1 Å². The van der Waals surface area contributed by atoms with Crippen LogP contribution in [0, 0.1) is 0 Å². The molecule has 0 N–H and O–H groups in total. The maximum absolute atomic E-state index is 5.20. The predicted molar refractivity (Wildman–Crippen MR) is 36.1 cm³/mol. The SMILES string of the molecule is C1=CC2=CCOCC2=C1. The first-order valence-corrected chi connectivity index (χ1v) is 3.12. The molecule has 0 amide bonds. The van der Waals surface area contributed by atoms with Crippen molar-refractivity contribution in [1.82, 2.24) is 0 Å². The third-order valence-electron chi connectivity index (χ3n) is 1.62. The van der Waals surface area contributed by atoms with Gasteiger partial charge in [0.1, 0.15) is 0 Å². The largest absolute Gasteiger partial charge is 0.373 e. The Hall–Kier alpha value is -0.820. The summed E-state index contributed by atoms with van der Waals surface area (Å²) in [4.78, 5) is 0. The van der Waals surface area contributed by atoms with Crippen molar-refractivity contribution in [2.24, 2.45) is 0 Å². The van der Waals surface area contributed by atoms with Crippen molar-refractivity contribution in [2.75, 3.05) is 13.2 Å². The van der Waals surface area contributed by atoms with E-state index in [-0.39, 0.29) is 0 Å². The van der Waals surface area contributed by atoms with E-state index in [4.69, 9.17) is 4.74 Å². The maximum Gasteiger partial charge on any atom is 0.0726 e. The van der Waals surface area contributed by atoms with Gasteiger partial charge in [-0.3, -0.25) is 0 Å². The third kappa shape index (κ3) is 0.736. The monoisotopic (exact) mass is 120 g/mol. The smallest absolute Gasteiger partial charge is 0.0726 e. The predicted octanol–water partition coefficient (Wildman–Crippen LogP) is 1.44. The Morgan fingerprint density at radius 2 is 2.44 bits per heavy atom. The fourth-order valence-corrected chi connectivity index (χ4v) is 1.12. The Bertz CT molecular complexity index is 209. The molecule has 1 heteroatoms. The highest BCUT2D eigenvalue weighted by Gasteiger charge is 2.09. The second-order valence-electron chi connectivity index (χ2n) is 2.23. The maximum atomic E-state index is 5.20. The molecule has 1 heterocycles. The normalized spacial score (nSPS) is 23.1. The molecule has 0 atom stereocenters. The summed E-state index contributed by atoms with van der Waals surface area (Å²) >= 11 is 0. The quantitative estimate of drug-likeness (QED) is 0.470. The number of ether oxygens (including phenoxy) is 1. The summed E-state index contributed by atoms with van der Waals surface area (Å²) in [5.74, 6) is 0. The van der Waals surface area contributed by atoms with Crippen molar-refractivity contribution in [3.63, 3.8) is 0 Å². The van der Waals surface area contributed by atoms with Crippen LogP contribution in [0.2, 0.25) is 0 Å². The molecule has 2 rings (SSSR count). The lowest BCUT2D eigenvalue weighted by atomic mass is 10.1. The van der Waals surface area contributed by atoms with Crippen LogP contribution in [-0.2, 0) is 4.74 Å². The topological polar surface area (TPSA) is 9.23 Å². The van der Waals surface area contributed by atoms with Gasteiger partial charge in [-0.15, -0.1) is 0 Å².